The van der Waals surface area contributed by atoms with Crippen molar-refractivity contribution in [3.8, 4) is 11.5 Å². The molecule has 3 aromatic rings. The van der Waals surface area contributed by atoms with Crippen LogP contribution in [-0.2, 0) is 6.42 Å². The van der Waals surface area contributed by atoms with Crippen molar-refractivity contribution >= 4 is 30.5 Å². The van der Waals surface area contributed by atoms with Crippen LogP contribution in [0, 0.1) is 0 Å². The molecule has 1 N–H and O–H groups in total. The van der Waals surface area contributed by atoms with E-state index in [2.05, 4.69) is 58.3 Å². The van der Waals surface area contributed by atoms with Gasteiger partial charge in [-0.3, -0.25) is 4.90 Å². The van der Waals surface area contributed by atoms with E-state index in [-0.39, 0.29) is 24.8 Å². The number of piperazine rings is 1. The maximum absolute atomic E-state index is 9.88. The summed E-state index contributed by atoms with van der Waals surface area (Å²) in [6.45, 7) is 4.00. The highest BCUT2D eigenvalue weighted by Gasteiger charge is 2.25. The van der Waals surface area contributed by atoms with Gasteiger partial charge < -0.3 is 14.7 Å². The topological polar surface area (TPSA) is 35.9 Å². The fourth-order valence-electron chi connectivity index (χ4n) is 4.12. The molecular weight excluding hydrogens is 431 g/mol. The molecule has 1 fully saturated rings. The number of aromatic hydroxyl groups is 1. The Kier molecular flexibility index (Phi) is 9.50. The lowest BCUT2D eigenvalue weighted by atomic mass is 9.96. The maximum Gasteiger partial charge on any atom is 0.119 e. The molecule has 4 nitrogen and oxygen atoms in total. The Morgan fingerprint density at radius 2 is 1.52 bits per heavy atom. The molecule has 0 radical (unpaired) electrons. The van der Waals surface area contributed by atoms with Crippen LogP contribution >= 0.6 is 24.8 Å². The number of benzene rings is 3. The van der Waals surface area contributed by atoms with E-state index >= 15 is 0 Å². The van der Waals surface area contributed by atoms with Gasteiger partial charge in [-0.25, -0.2) is 0 Å². The molecule has 1 heterocycles. The van der Waals surface area contributed by atoms with Crippen molar-refractivity contribution in [1.82, 2.24) is 4.90 Å². The first-order valence-electron chi connectivity index (χ1n) is 10.2. The molecule has 0 amide bonds. The monoisotopic (exact) mass is 460 g/mol. The standard InChI is InChI=1S/C25H28N2O2.2ClH/c1-29-24-12-10-22(11-13-24)26-14-16-27(17-15-26)25(21-7-3-2-4-8-21)19-20-6-5-9-23(28)18-20;;/h2-13,18,25,28H,14-17,19H2,1H3;2*1H. The van der Waals surface area contributed by atoms with Crippen molar-refractivity contribution in [1.29, 1.82) is 0 Å². The summed E-state index contributed by atoms with van der Waals surface area (Å²) < 4.78 is 5.27. The Bertz CT molecular complexity index is 914. The third kappa shape index (κ3) is 6.30. The Morgan fingerprint density at radius 3 is 2.13 bits per heavy atom. The summed E-state index contributed by atoms with van der Waals surface area (Å²) >= 11 is 0. The van der Waals surface area contributed by atoms with E-state index in [9.17, 15) is 5.11 Å². The van der Waals surface area contributed by atoms with E-state index in [0.717, 1.165) is 43.9 Å². The molecule has 1 aliphatic rings. The molecule has 0 aromatic heterocycles. The lowest BCUT2D eigenvalue weighted by Crippen LogP contribution is -2.48. The molecule has 1 unspecified atom stereocenters. The maximum atomic E-state index is 9.88. The van der Waals surface area contributed by atoms with Crippen LogP contribution in [0.5, 0.6) is 11.5 Å². The minimum atomic E-state index is 0. The van der Waals surface area contributed by atoms with Crippen molar-refractivity contribution in [2.75, 3.05) is 38.2 Å². The number of methoxy groups -OCH3 is 1. The van der Waals surface area contributed by atoms with Gasteiger partial charge in [-0.05, 0) is 53.9 Å². The van der Waals surface area contributed by atoms with Crippen LogP contribution in [0.2, 0.25) is 0 Å². The second kappa shape index (κ2) is 11.8. The van der Waals surface area contributed by atoms with Gasteiger partial charge >= 0.3 is 0 Å². The summed E-state index contributed by atoms with van der Waals surface area (Å²) in [7, 11) is 1.70. The first-order chi connectivity index (χ1) is 14.2. The normalized spacial score (nSPS) is 14.8. The van der Waals surface area contributed by atoms with Crippen LogP contribution in [0.4, 0.5) is 5.69 Å². The quantitative estimate of drug-likeness (QED) is 0.537. The molecule has 4 rings (SSSR count). The van der Waals surface area contributed by atoms with Gasteiger partial charge in [0.15, 0.2) is 0 Å². The first-order valence-corrected chi connectivity index (χ1v) is 10.2. The fourth-order valence-corrected chi connectivity index (χ4v) is 4.12. The molecule has 0 saturated carbocycles. The molecule has 0 bridgehead atoms. The van der Waals surface area contributed by atoms with Crippen molar-refractivity contribution in [2.24, 2.45) is 0 Å². The van der Waals surface area contributed by atoms with E-state index in [1.54, 1.807) is 13.2 Å². The predicted octanol–water partition coefficient (Wildman–Crippen LogP) is 5.35. The summed E-state index contributed by atoms with van der Waals surface area (Å²) in [5.74, 6) is 1.22. The average Bonchev–Trinajstić information content (AvgIpc) is 2.78. The Hall–Kier alpha value is -2.40. The Balaban J connectivity index is 0.00000171. The van der Waals surface area contributed by atoms with Crippen LogP contribution in [0.25, 0.3) is 0 Å². The first kappa shape index (κ1) is 24.9. The largest absolute Gasteiger partial charge is 0.508 e. The molecule has 1 saturated heterocycles. The fraction of sp³-hybridized carbons (Fsp3) is 0.280. The Labute approximate surface area is 197 Å². The number of phenolic OH excluding ortho intramolecular Hbond substituents is 1. The average molecular weight is 461 g/mol. The van der Waals surface area contributed by atoms with Crippen molar-refractivity contribution in [3.63, 3.8) is 0 Å². The van der Waals surface area contributed by atoms with E-state index in [1.165, 1.54) is 11.3 Å². The van der Waals surface area contributed by atoms with Crippen LogP contribution in [-0.4, -0.2) is 43.3 Å². The summed E-state index contributed by atoms with van der Waals surface area (Å²) in [5.41, 5.74) is 3.74. The minimum Gasteiger partial charge on any atom is -0.508 e. The van der Waals surface area contributed by atoms with Gasteiger partial charge in [0.1, 0.15) is 11.5 Å². The highest BCUT2D eigenvalue weighted by molar-refractivity contribution is 5.85. The molecule has 6 heteroatoms. The molecule has 31 heavy (non-hydrogen) atoms. The third-order valence-electron chi connectivity index (χ3n) is 5.72. The molecule has 1 aliphatic heterocycles. The summed E-state index contributed by atoms with van der Waals surface area (Å²) in [6, 6.07) is 27.0. The van der Waals surface area contributed by atoms with Gasteiger partial charge in [0.25, 0.3) is 0 Å². The second-order valence-corrected chi connectivity index (χ2v) is 7.52. The Morgan fingerprint density at radius 1 is 0.839 bits per heavy atom. The van der Waals surface area contributed by atoms with Crippen LogP contribution in [0.1, 0.15) is 17.2 Å². The van der Waals surface area contributed by atoms with Crippen LogP contribution < -0.4 is 9.64 Å². The van der Waals surface area contributed by atoms with Gasteiger partial charge in [0.2, 0.25) is 0 Å². The van der Waals surface area contributed by atoms with E-state index in [0.29, 0.717) is 11.8 Å². The lowest BCUT2D eigenvalue weighted by molar-refractivity contribution is 0.184. The third-order valence-corrected chi connectivity index (χ3v) is 5.72. The number of phenols is 1. The van der Waals surface area contributed by atoms with Crippen LogP contribution in [0.3, 0.4) is 0 Å². The number of nitrogens with zero attached hydrogens (tertiary/aromatic N) is 2. The summed E-state index contributed by atoms with van der Waals surface area (Å²) in [5, 5.41) is 9.88. The van der Waals surface area contributed by atoms with E-state index in [4.69, 9.17) is 4.74 Å². The molecule has 166 valence electrons. The molecule has 0 aliphatic carbocycles. The van der Waals surface area contributed by atoms with Gasteiger partial charge in [0, 0.05) is 37.9 Å². The zero-order valence-electron chi connectivity index (χ0n) is 17.7. The predicted molar refractivity (Wildman–Crippen MR) is 132 cm³/mol. The number of anilines is 1. The number of halogens is 2. The highest BCUT2D eigenvalue weighted by atomic mass is 35.5. The zero-order chi connectivity index (χ0) is 20.1. The zero-order valence-corrected chi connectivity index (χ0v) is 19.3. The molecular formula is C25H30Cl2N2O2. The summed E-state index contributed by atoms with van der Waals surface area (Å²) in [6.07, 6.45) is 0.890. The SMILES string of the molecule is COc1ccc(N2CCN(C(Cc3cccc(O)c3)c3ccccc3)CC2)cc1.Cl.Cl. The lowest BCUT2D eigenvalue weighted by Gasteiger charge is -2.40. The van der Waals surface area contributed by atoms with Gasteiger partial charge in [-0.2, -0.15) is 0 Å². The second-order valence-electron chi connectivity index (χ2n) is 7.52. The number of ether oxygens (including phenoxy) is 1. The smallest absolute Gasteiger partial charge is 0.119 e. The van der Waals surface area contributed by atoms with Crippen LogP contribution in [0.15, 0.2) is 78.9 Å². The molecule has 3 aromatic carbocycles. The molecule has 0 spiro atoms. The number of hydrogen-bond acceptors (Lipinski definition) is 4. The van der Waals surface area contributed by atoms with Crippen molar-refractivity contribution < 1.29 is 9.84 Å². The van der Waals surface area contributed by atoms with Gasteiger partial charge in [0.05, 0.1) is 7.11 Å². The minimum absolute atomic E-state index is 0. The van der Waals surface area contributed by atoms with E-state index < -0.39 is 0 Å². The van der Waals surface area contributed by atoms with Crippen molar-refractivity contribution in [2.45, 2.75) is 12.5 Å². The van der Waals surface area contributed by atoms with Gasteiger partial charge in [-0.1, -0.05) is 42.5 Å². The number of hydrogen-bond donors (Lipinski definition) is 1. The highest BCUT2D eigenvalue weighted by Crippen LogP contribution is 2.29. The van der Waals surface area contributed by atoms with E-state index in [1.807, 2.05) is 24.3 Å². The number of rotatable bonds is 6. The molecule has 1 atom stereocenters. The van der Waals surface area contributed by atoms with Gasteiger partial charge in [-0.15, -0.1) is 24.8 Å². The van der Waals surface area contributed by atoms with Crippen molar-refractivity contribution in [3.05, 3.63) is 90.0 Å². The summed E-state index contributed by atoms with van der Waals surface area (Å²) in [4.78, 5) is 5.01.